The molecular formula is C21H32F2N4O3. The van der Waals surface area contributed by atoms with Gasteiger partial charge >= 0.3 is 0 Å². The lowest BCUT2D eigenvalue weighted by atomic mass is 10.1. The van der Waals surface area contributed by atoms with Gasteiger partial charge in [0.25, 0.3) is 0 Å². The fraction of sp³-hybridized carbons (Fsp3) is 0.571. The number of likely N-dealkylation sites (N-methyl/N-ethyl adjacent to an activating group) is 1. The highest BCUT2D eigenvalue weighted by molar-refractivity contribution is 5.92. The first-order chi connectivity index (χ1) is 14.1. The predicted octanol–water partition coefficient (Wildman–Crippen LogP) is 1.36. The maximum Gasteiger partial charge on any atom is 0.242 e. The number of halogens is 2. The van der Waals surface area contributed by atoms with Crippen molar-refractivity contribution in [3.05, 3.63) is 35.4 Å². The minimum atomic E-state index is -0.908. The van der Waals surface area contributed by atoms with Crippen LogP contribution in [-0.4, -0.2) is 61.9 Å². The molecule has 1 aromatic carbocycles. The molecule has 0 unspecified atom stereocenters. The van der Waals surface area contributed by atoms with Crippen molar-refractivity contribution in [1.29, 1.82) is 0 Å². The summed E-state index contributed by atoms with van der Waals surface area (Å²) in [5, 5.41) is 7.97. The quantitative estimate of drug-likeness (QED) is 0.471. The summed E-state index contributed by atoms with van der Waals surface area (Å²) in [6, 6.07) is 1.24. The number of amides is 3. The molecule has 0 radical (unpaired) electrons. The van der Waals surface area contributed by atoms with Crippen LogP contribution in [0, 0.1) is 11.6 Å². The highest BCUT2D eigenvalue weighted by atomic mass is 19.1. The lowest BCUT2D eigenvalue weighted by Gasteiger charge is -2.21. The normalized spacial score (nSPS) is 12.9. The van der Waals surface area contributed by atoms with Crippen LogP contribution in [0.1, 0.15) is 38.7 Å². The van der Waals surface area contributed by atoms with Crippen molar-refractivity contribution in [2.75, 3.05) is 27.2 Å². The number of nitrogens with zero attached hydrogens (tertiary/aromatic N) is 1. The number of benzene rings is 1. The summed E-state index contributed by atoms with van der Waals surface area (Å²) >= 11 is 0. The second-order valence-electron chi connectivity index (χ2n) is 7.54. The van der Waals surface area contributed by atoms with E-state index in [1.165, 1.54) is 6.92 Å². The number of carbonyl (C=O) groups is 3. The molecule has 30 heavy (non-hydrogen) atoms. The van der Waals surface area contributed by atoms with Crippen LogP contribution in [0.4, 0.5) is 8.78 Å². The summed E-state index contributed by atoms with van der Waals surface area (Å²) in [7, 11) is 3.79. The first kappa shape index (κ1) is 25.5. The van der Waals surface area contributed by atoms with Crippen LogP contribution in [-0.2, 0) is 20.8 Å². The largest absolute Gasteiger partial charge is 0.353 e. The zero-order valence-electron chi connectivity index (χ0n) is 18.1. The van der Waals surface area contributed by atoms with Crippen molar-refractivity contribution in [2.24, 2.45) is 0 Å². The molecule has 0 aliphatic rings. The van der Waals surface area contributed by atoms with Crippen LogP contribution in [0.5, 0.6) is 0 Å². The Hall–Kier alpha value is -2.55. The third-order valence-electron chi connectivity index (χ3n) is 4.40. The van der Waals surface area contributed by atoms with Crippen LogP contribution in [0.15, 0.2) is 18.2 Å². The topological polar surface area (TPSA) is 90.5 Å². The Labute approximate surface area is 176 Å². The van der Waals surface area contributed by atoms with Crippen LogP contribution < -0.4 is 16.0 Å². The molecule has 0 aliphatic heterocycles. The van der Waals surface area contributed by atoms with Gasteiger partial charge in [-0.2, -0.15) is 0 Å². The van der Waals surface area contributed by atoms with Crippen LogP contribution in [0.25, 0.3) is 0 Å². The molecule has 0 fully saturated rings. The van der Waals surface area contributed by atoms with E-state index >= 15 is 0 Å². The van der Waals surface area contributed by atoms with Gasteiger partial charge in [-0.3, -0.25) is 14.4 Å². The molecule has 1 aromatic rings. The van der Waals surface area contributed by atoms with Crippen LogP contribution in [0.2, 0.25) is 0 Å². The molecule has 0 heterocycles. The van der Waals surface area contributed by atoms with Crippen molar-refractivity contribution in [3.8, 4) is 0 Å². The second-order valence-corrected chi connectivity index (χ2v) is 7.54. The van der Waals surface area contributed by atoms with Gasteiger partial charge in [-0.1, -0.05) is 19.8 Å². The van der Waals surface area contributed by atoms with Crippen molar-refractivity contribution in [2.45, 2.75) is 51.6 Å². The number of unbranched alkanes of at least 4 members (excludes halogenated alkanes) is 1. The lowest BCUT2D eigenvalue weighted by molar-refractivity contribution is -0.131. The molecule has 7 nitrogen and oxygen atoms in total. The van der Waals surface area contributed by atoms with Crippen molar-refractivity contribution < 1.29 is 23.2 Å². The monoisotopic (exact) mass is 426 g/mol. The third kappa shape index (κ3) is 9.78. The van der Waals surface area contributed by atoms with Gasteiger partial charge in [0.05, 0.1) is 6.42 Å². The van der Waals surface area contributed by atoms with E-state index in [2.05, 4.69) is 16.0 Å². The molecular weight excluding hydrogens is 394 g/mol. The molecule has 2 atom stereocenters. The average Bonchev–Trinajstić information content (AvgIpc) is 2.63. The molecule has 1 rings (SSSR count). The van der Waals surface area contributed by atoms with Crippen LogP contribution >= 0.6 is 0 Å². The van der Waals surface area contributed by atoms with E-state index < -0.39 is 35.5 Å². The zero-order valence-corrected chi connectivity index (χ0v) is 18.1. The average molecular weight is 427 g/mol. The first-order valence-corrected chi connectivity index (χ1v) is 10.1. The third-order valence-corrected chi connectivity index (χ3v) is 4.40. The van der Waals surface area contributed by atoms with Gasteiger partial charge in [-0.15, -0.1) is 0 Å². The lowest BCUT2D eigenvalue weighted by Crippen LogP contribution is -2.53. The summed E-state index contributed by atoms with van der Waals surface area (Å²) in [6.45, 7) is 4.61. The maximum atomic E-state index is 13.2. The van der Waals surface area contributed by atoms with Gasteiger partial charge in [-0.05, 0) is 45.1 Å². The summed E-state index contributed by atoms with van der Waals surface area (Å²) in [4.78, 5) is 38.9. The SMILES string of the molecule is CCCC[C@H](NC(=O)[C@H](C)NC(=O)Cc1cc(F)cc(F)c1)C(=O)NCCN(C)C. The van der Waals surface area contributed by atoms with Crippen LogP contribution in [0.3, 0.4) is 0 Å². The molecule has 168 valence electrons. The molecule has 0 aromatic heterocycles. The highest BCUT2D eigenvalue weighted by Gasteiger charge is 2.24. The Kier molecular flexibility index (Phi) is 11.0. The Morgan fingerprint density at radius 2 is 1.67 bits per heavy atom. The van der Waals surface area contributed by atoms with E-state index in [0.717, 1.165) is 31.0 Å². The van der Waals surface area contributed by atoms with Gasteiger partial charge in [0.15, 0.2) is 0 Å². The maximum absolute atomic E-state index is 13.2. The Balaban J connectivity index is 2.61. The highest BCUT2D eigenvalue weighted by Crippen LogP contribution is 2.09. The number of hydrogen-bond acceptors (Lipinski definition) is 4. The molecule has 0 spiro atoms. The molecule has 0 saturated carbocycles. The molecule has 3 amide bonds. The van der Waals surface area contributed by atoms with E-state index in [9.17, 15) is 23.2 Å². The number of rotatable bonds is 12. The summed E-state index contributed by atoms with van der Waals surface area (Å²) in [5.41, 5.74) is 0.165. The smallest absolute Gasteiger partial charge is 0.242 e. The van der Waals surface area contributed by atoms with Crippen molar-refractivity contribution in [3.63, 3.8) is 0 Å². The van der Waals surface area contributed by atoms with Gasteiger partial charge in [-0.25, -0.2) is 8.78 Å². The Morgan fingerprint density at radius 1 is 1.03 bits per heavy atom. The van der Waals surface area contributed by atoms with E-state index in [0.29, 0.717) is 19.5 Å². The van der Waals surface area contributed by atoms with Gasteiger partial charge in [0.2, 0.25) is 17.7 Å². The predicted molar refractivity (Wildman–Crippen MR) is 111 cm³/mol. The van der Waals surface area contributed by atoms with Crippen molar-refractivity contribution >= 4 is 17.7 Å². The Morgan fingerprint density at radius 3 is 2.23 bits per heavy atom. The summed E-state index contributed by atoms with van der Waals surface area (Å²) < 4.78 is 26.5. The van der Waals surface area contributed by atoms with Gasteiger partial charge < -0.3 is 20.9 Å². The Bertz CT molecular complexity index is 708. The molecule has 0 saturated heterocycles. The first-order valence-electron chi connectivity index (χ1n) is 10.1. The van der Waals surface area contributed by atoms with Crippen molar-refractivity contribution in [1.82, 2.24) is 20.9 Å². The standard InChI is InChI=1S/C21H32F2N4O3/c1-5-6-7-18(21(30)24-8-9-27(3)4)26-20(29)14(2)25-19(28)12-15-10-16(22)13-17(23)11-15/h10-11,13-14,18H,5-9,12H2,1-4H3,(H,24,30)(H,25,28)(H,26,29)/t14-,18-/m0/s1. The molecule has 9 heteroatoms. The molecule has 3 N–H and O–H groups in total. The molecule has 0 bridgehead atoms. The number of nitrogens with one attached hydrogen (secondary N) is 3. The second kappa shape index (κ2) is 12.9. The summed E-state index contributed by atoms with van der Waals surface area (Å²) in [6.07, 6.45) is 1.85. The van der Waals surface area contributed by atoms with E-state index in [-0.39, 0.29) is 17.9 Å². The van der Waals surface area contributed by atoms with E-state index in [1.807, 2.05) is 25.9 Å². The van der Waals surface area contributed by atoms with Gasteiger partial charge in [0, 0.05) is 19.2 Å². The van der Waals surface area contributed by atoms with E-state index in [4.69, 9.17) is 0 Å². The fourth-order valence-electron chi connectivity index (χ4n) is 2.76. The van der Waals surface area contributed by atoms with Gasteiger partial charge in [0.1, 0.15) is 23.7 Å². The zero-order chi connectivity index (χ0) is 22.7. The molecule has 0 aliphatic carbocycles. The minimum Gasteiger partial charge on any atom is -0.353 e. The number of hydrogen-bond donors (Lipinski definition) is 3. The summed E-state index contributed by atoms with van der Waals surface area (Å²) in [5.74, 6) is -2.88. The fourth-order valence-corrected chi connectivity index (χ4v) is 2.76. The number of carbonyl (C=O) groups excluding carboxylic acids is 3. The van der Waals surface area contributed by atoms with E-state index in [1.54, 1.807) is 0 Å². The minimum absolute atomic E-state index is 0.165.